The molecule has 3 aromatic carbocycles. The largest absolute Gasteiger partial charge is 0.465 e. The van der Waals surface area contributed by atoms with Crippen molar-refractivity contribution in [3.8, 4) is 0 Å². The Morgan fingerprint density at radius 3 is 2.13 bits per heavy atom. The summed E-state index contributed by atoms with van der Waals surface area (Å²) in [6, 6.07) is 24.3. The molecular weight excluding hydrogens is 418 g/mol. The zero-order valence-electron chi connectivity index (χ0n) is 17.1. The number of methoxy groups -OCH3 is 1. The predicted octanol–water partition coefficient (Wildman–Crippen LogP) is 5.58. The van der Waals surface area contributed by atoms with E-state index in [0.29, 0.717) is 22.0 Å². The number of halogens is 1. The molecular formula is C24H26ClNO3S. The number of hydrogen-bond donors (Lipinski definition) is 1. The lowest BCUT2D eigenvalue weighted by Crippen LogP contribution is -2.16. The molecule has 0 aliphatic carbocycles. The van der Waals surface area contributed by atoms with E-state index in [1.807, 2.05) is 0 Å². The number of rotatable bonds is 7. The minimum atomic E-state index is -1.31. The van der Waals surface area contributed by atoms with Gasteiger partial charge in [-0.3, -0.25) is 0 Å². The Labute approximate surface area is 185 Å². The van der Waals surface area contributed by atoms with Gasteiger partial charge in [0.1, 0.15) is 11.0 Å². The maximum absolute atomic E-state index is 12.0. The first kappa shape index (κ1) is 23.8. The highest BCUT2D eigenvalue weighted by atomic mass is 35.5. The molecule has 4 nitrogen and oxygen atoms in total. The van der Waals surface area contributed by atoms with Crippen LogP contribution in [0.1, 0.15) is 34.8 Å². The molecule has 0 aliphatic heterocycles. The normalized spacial score (nSPS) is 11.2. The number of ether oxygens (including phenoxy) is 1. The van der Waals surface area contributed by atoms with Crippen LogP contribution in [0.3, 0.4) is 0 Å². The van der Waals surface area contributed by atoms with Crippen molar-refractivity contribution in [1.82, 2.24) is 4.72 Å². The summed E-state index contributed by atoms with van der Waals surface area (Å²) < 4.78 is 19.6. The SMILES string of the molecule is CCCc1ccccc1.COC(=O)c1ccc(CNS(=O)c2ccc(Cl)cc2)cc1. The zero-order valence-corrected chi connectivity index (χ0v) is 18.7. The van der Waals surface area contributed by atoms with Gasteiger partial charge in [0.2, 0.25) is 0 Å². The Balaban J connectivity index is 0.000000297. The van der Waals surface area contributed by atoms with Crippen molar-refractivity contribution < 1.29 is 13.7 Å². The number of carbonyl (C=O) groups is 1. The molecule has 0 aromatic heterocycles. The van der Waals surface area contributed by atoms with Gasteiger partial charge in [-0.05, 0) is 53.9 Å². The fraction of sp³-hybridized carbons (Fsp3) is 0.208. The van der Waals surface area contributed by atoms with Crippen molar-refractivity contribution >= 4 is 28.6 Å². The van der Waals surface area contributed by atoms with Crippen LogP contribution in [0.15, 0.2) is 83.8 Å². The van der Waals surface area contributed by atoms with Crippen LogP contribution in [-0.4, -0.2) is 17.3 Å². The van der Waals surface area contributed by atoms with Gasteiger partial charge in [-0.2, -0.15) is 0 Å². The average molecular weight is 444 g/mol. The van der Waals surface area contributed by atoms with Crippen molar-refractivity contribution in [1.29, 1.82) is 0 Å². The van der Waals surface area contributed by atoms with Crippen molar-refractivity contribution in [3.05, 3.63) is 101 Å². The summed E-state index contributed by atoms with van der Waals surface area (Å²) in [5.41, 5.74) is 2.85. The molecule has 1 unspecified atom stereocenters. The molecule has 3 aromatic rings. The van der Waals surface area contributed by atoms with Crippen LogP contribution >= 0.6 is 11.6 Å². The second-order valence-corrected chi connectivity index (χ2v) is 8.20. The van der Waals surface area contributed by atoms with E-state index in [0.717, 1.165) is 5.56 Å². The van der Waals surface area contributed by atoms with Gasteiger partial charge >= 0.3 is 5.97 Å². The molecule has 1 N–H and O–H groups in total. The van der Waals surface area contributed by atoms with Crippen LogP contribution in [0, 0.1) is 0 Å². The second kappa shape index (κ2) is 13.0. The molecule has 3 rings (SSSR count). The van der Waals surface area contributed by atoms with Crippen molar-refractivity contribution in [2.24, 2.45) is 0 Å². The summed E-state index contributed by atoms with van der Waals surface area (Å²) >= 11 is 5.78. The molecule has 158 valence electrons. The van der Waals surface area contributed by atoms with E-state index in [1.165, 1.54) is 25.5 Å². The lowest BCUT2D eigenvalue weighted by atomic mass is 10.1. The Hall–Kier alpha value is -2.47. The van der Waals surface area contributed by atoms with E-state index < -0.39 is 11.0 Å². The van der Waals surface area contributed by atoms with E-state index in [1.54, 1.807) is 48.5 Å². The molecule has 0 saturated heterocycles. The lowest BCUT2D eigenvalue weighted by Gasteiger charge is -2.06. The first-order valence-electron chi connectivity index (χ1n) is 9.65. The van der Waals surface area contributed by atoms with Crippen LogP contribution < -0.4 is 4.72 Å². The van der Waals surface area contributed by atoms with Crippen molar-refractivity contribution in [2.75, 3.05) is 7.11 Å². The Morgan fingerprint density at radius 1 is 0.933 bits per heavy atom. The summed E-state index contributed by atoms with van der Waals surface area (Å²) in [5, 5.41) is 0.606. The third kappa shape index (κ3) is 8.11. The van der Waals surface area contributed by atoms with E-state index >= 15 is 0 Å². The monoisotopic (exact) mass is 443 g/mol. The third-order valence-corrected chi connectivity index (χ3v) is 5.55. The van der Waals surface area contributed by atoms with E-state index in [-0.39, 0.29) is 5.97 Å². The molecule has 30 heavy (non-hydrogen) atoms. The van der Waals surface area contributed by atoms with Crippen LogP contribution in [0.25, 0.3) is 0 Å². The molecule has 6 heteroatoms. The van der Waals surface area contributed by atoms with E-state index in [9.17, 15) is 9.00 Å². The minimum absolute atomic E-state index is 0.376. The third-order valence-electron chi connectivity index (χ3n) is 4.19. The van der Waals surface area contributed by atoms with E-state index in [4.69, 9.17) is 11.6 Å². The average Bonchev–Trinajstić information content (AvgIpc) is 2.79. The molecule has 0 spiro atoms. The Bertz CT molecular complexity index is 929. The molecule has 0 bridgehead atoms. The summed E-state index contributed by atoms with van der Waals surface area (Å²) in [5.74, 6) is -0.376. The van der Waals surface area contributed by atoms with Gasteiger partial charge in [0.25, 0.3) is 0 Å². The molecule has 0 aliphatic rings. The van der Waals surface area contributed by atoms with Gasteiger partial charge in [0, 0.05) is 11.6 Å². The molecule has 0 saturated carbocycles. The summed E-state index contributed by atoms with van der Waals surface area (Å²) in [4.78, 5) is 12.0. The highest BCUT2D eigenvalue weighted by molar-refractivity contribution is 7.83. The van der Waals surface area contributed by atoms with Crippen molar-refractivity contribution in [2.45, 2.75) is 31.2 Å². The molecule has 1 atom stereocenters. The number of hydrogen-bond acceptors (Lipinski definition) is 3. The maximum Gasteiger partial charge on any atom is 0.337 e. The quantitative estimate of drug-likeness (QED) is 0.485. The zero-order chi connectivity index (χ0) is 21.8. The van der Waals surface area contributed by atoms with Crippen LogP contribution in [-0.2, 0) is 28.7 Å². The first-order chi connectivity index (χ1) is 14.5. The van der Waals surface area contributed by atoms with Gasteiger partial charge < -0.3 is 4.74 Å². The standard InChI is InChI=1S/C15H14ClNO3S.C9H12/c1-20-15(18)12-4-2-11(3-5-12)10-17-21(19)14-8-6-13(16)7-9-14;1-2-6-9-7-4-3-5-8-9/h2-9,17H,10H2,1H3;3-5,7-8H,2,6H2,1H3. The van der Waals surface area contributed by atoms with Gasteiger partial charge in [0.15, 0.2) is 0 Å². The van der Waals surface area contributed by atoms with Crippen LogP contribution in [0.2, 0.25) is 5.02 Å². The minimum Gasteiger partial charge on any atom is -0.465 e. The van der Waals surface area contributed by atoms with E-state index in [2.05, 4.69) is 46.7 Å². The summed E-state index contributed by atoms with van der Waals surface area (Å²) in [6.07, 6.45) is 2.45. The topological polar surface area (TPSA) is 55.4 Å². The highest BCUT2D eigenvalue weighted by Crippen LogP contribution is 2.12. The number of carbonyl (C=O) groups excluding carboxylic acids is 1. The number of esters is 1. The van der Waals surface area contributed by atoms with Crippen molar-refractivity contribution in [3.63, 3.8) is 0 Å². The lowest BCUT2D eigenvalue weighted by molar-refractivity contribution is 0.0600. The van der Waals surface area contributed by atoms with Gasteiger partial charge in [-0.15, -0.1) is 0 Å². The number of nitrogens with one attached hydrogen (secondary N) is 1. The van der Waals surface area contributed by atoms with Crippen LogP contribution in [0.4, 0.5) is 0 Å². The number of aryl methyl sites for hydroxylation is 1. The van der Waals surface area contributed by atoms with Gasteiger partial charge in [0.05, 0.1) is 17.6 Å². The van der Waals surface area contributed by atoms with Gasteiger partial charge in [-0.25, -0.2) is 13.7 Å². The fourth-order valence-electron chi connectivity index (χ4n) is 2.60. The second-order valence-electron chi connectivity index (χ2n) is 6.47. The Morgan fingerprint density at radius 2 is 1.57 bits per heavy atom. The highest BCUT2D eigenvalue weighted by Gasteiger charge is 2.06. The fourth-order valence-corrected chi connectivity index (χ4v) is 3.57. The summed E-state index contributed by atoms with van der Waals surface area (Å²) in [7, 11) is 0.0322. The molecule has 0 fully saturated rings. The number of benzene rings is 3. The van der Waals surface area contributed by atoms with Crippen LogP contribution in [0.5, 0.6) is 0 Å². The molecule has 0 radical (unpaired) electrons. The molecule has 0 heterocycles. The first-order valence-corrected chi connectivity index (χ1v) is 11.2. The molecule has 0 amide bonds. The smallest absolute Gasteiger partial charge is 0.337 e. The predicted molar refractivity (Wildman–Crippen MR) is 123 cm³/mol. The van der Waals surface area contributed by atoms with Gasteiger partial charge in [-0.1, -0.05) is 67.4 Å². The Kier molecular flexibility index (Phi) is 10.3. The summed E-state index contributed by atoms with van der Waals surface area (Å²) in [6.45, 7) is 2.63. The maximum atomic E-state index is 12.0.